The largest absolute Gasteiger partial charge is 0.471 e. The fourth-order valence-electron chi connectivity index (χ4n) is 3.08. The van der Waals surface area contributed by atoms with E-state index in [1.807, 2.05) is 36.4 Å². The molecule has 2 aromatic rings. The molecule has 2 fully saturated rings. The molecule has 5 heteroatoms. The van der Waals surface area contributed by atoms with Crippen molar-refractivity contribution in [3.63, 3.8) is 0 Å². The lowest BCUT2D eigenvalue weighted by molar-refractivity contribution is -0.0440. The Bertz CT molecular complexity index is 715. The molecule has 2 aliphatic heterocycles. The van der Waals surface area contributed by atoms with Gasteiger partial charge in [-0.15, -0.1) is 0 Å². The summed E-state index contributed by atoms with van der Waals surface area (Å²) in [6, 6.07) is 14.5. The van der Waals surface area contributed by atoms with Gasteiger partial charge in [0.1, 0.15) is 6.10 Å². The second-order valence-corrected chi connectivity index (χ2v) is 6.40. The van der Waals surface area contributed by atoms with Crippen molar-refractivity contribution in [1.29, 1.82) is 0 Å². The molecule has 126 valence electrons. The van der Waals surface area contributed by atoms with E-state index in [0.717, 1.165) is 23.4 Å². The second-order valence-electron chi connectivity index (χ2n) is 6.40. The predicted octanol–water partition coefficient (Wildman–Crippen LogP) is 2.88. The summed E-state index contributed by atoms with van der Waals surface area (Å²) < 4.78 is 17.2. The number of likely N-dealkylation sites (tertiary alicyclic amines) is 1. The number of hydrogen-bond donors (Lipinski definition) is 0. The fourth-order valence-corrected chi connectivity index (χ4v) is 3.08. The molecule has 3 heterocycles. The van der Waals surface area contributed by atoms with Crippen LogP contribution in [0.2, 0.25) is 0 Å². The number of pyridine rings is 1. The average Bonchev–Trinajstić information content (AvgIpc) is 3.16. The minimum atomic E-state index is -0.268. The number of nitrogens with zero attached hydrogens (tertiary/aromatic N) is 2. The van der Waals surface area contributed by atoms with Crippen molar-refractivity contribution in [2.45, 2.75) is 25.4 Å². The standard InChI is InChI=1S/C19H22N2O3/c1-13-17(12-21(13)2)24-18-8-4-7-16(20-18)14-5-3-6-15(11-14)19-22-9-10-23-19/h3-8,11,13,17,19H,9-10,12H2,1-2H3. The van der Waals surface area contributed by atoms with Crippen molar-refractivity contribution in [1.82, 2.24) is 9.88 Å². The molecule has 0 amide bonds. The van der Waals surface area contributed by atoms with Gasteiger partial charge < -0.3 is 14.2 Å². The Balaban J connectivity index is 1.54. The smallest absolute Gasteiger partial charge is 0.214 e. The molecule has 5 nitrogen and oxygen atoms in total. The van der Waals surface area contributed by atoms with Gasteiger partial charge in [0.2, 0.25) is 5.88 Å². The van der Waals surface area contributed by atoms with Gasteiger partial charge in [0.15, 0.2) is 6.29 Å². The van der Waals surface area contributed by atoms with Gasteiger partial charge in [-0.3, -0.25) is 4.90 Å². The van der Waals surface area contributed by atoms with Gasteiger partial charge in [0, 0.05) is 29.8 Å². The highest BCUT2D eigenvalue weighted by molar-refractivity contribution is 5.60. The van der Waals surface area contributed by atoms with Crippen LogP contribution in [0.15, 0.2) is 42.5 Å². The zero-order chi connectivity index (χ0) is 16.5. The Morgan fingerprint density at radius 2 is 1.92 bits per heavy atom. The van der Waals surface area contributed by atoms with Crippen LogP contribution in [0.4, 0.5) is 0 Å². The highest BCUT2D eigenvalue weighted by Gasteiger charge is 2.34. The molecule has 0 bridgehead atoms. The molecule has 2 aliphatic rings. The van der Waals surface area contributed by atoms with Gasteiger partial charge in [-0.05, 0) is 26.1 Å². The van der Waals surface area contributed by atoms with E-state index in [2.05, 4.69) is 29.9 Å². The lowest BCUT2D eigenvalue weighted by atomic mass is 10.0. The van der Waals surface area contributed by atoms with E-state index in [9.17, 15) is 0 Å². The predicted molar refractivity (Wildman–Crippen MR) is 90.8 cm³/mol. The number of ether oxygens (including phenoxy) is 3. The monoisotopic (exact) mass is 326 g/mol. The van der Waals surface area contributed by atoms with Crippen LogP contribution in [0.5, 0.6) is 5.88 Å². The van der Waals surface area contributed by atoms with Crippen LogP contribution >= 0.6 is 0 Å². The summed E-state index contributed by atoms with van der Waals surface area (Å²) >= 11 is 0. The summed E-state index contributed by atoms with van der Waals surface area (Å²) in [5.74, 6) is 0.677. The van der Waals surface area contributed by atoms with Crippen molar-refractivity contribution >= 4 is 0 Å². The molecule has 2 saturated heterocycles. The molecule has 0 spiro atoms. The average molecular weight is 326 g/mol. The third kappa shape index (κ3) is 3.02. The minimum absolute atomic E-state index is 0.212. The minimum Gasteiger partial charge on any atom is -0.471 e. The molecular formula is C19H22N2O3. The first-order chi connectivity index (χ1) is 11.7. The highest BCUT2D eigenvalue weighted by Crippen LogP contribution is 2.28. The highest BCUT2D eigenvalue weighted by atomic mass is 16.7. The van der Waals surface area contributed by atoms with Gasteiger partial charge >= 0.3 is 0 Å². The molecule has 24 heavy (non-hydrogen) atoms. The van der Waals surface area contributed by atoms with E-state index in [1.165, 1.54) is 0 Å². The molecular weight excluding hydrogens is 304 g/mol. The number of likely N-dealkylation sites (N-methyl/N-ethyl adjacent to an activating group) is 1. The van der Waals surface area contributed by atoms with Gasteiger partial charge in [-0.2, -0.15) is 0 Å². The Morgan fingerprint density at radius 3 is 2.67 bits per heavy atom. The first-order valence-electron chi connectivity index (χ1n) is 8.38. The summed E-state index contributed by atoms with van der Waals surface area (Å²) in [5, 5.41) is 0. The molecule has 0 N–H and O–H groups in total. The maximum absolute atomic E-state index is 6.02. The van der Waals surface area contributed by atoms with E-state index in [-0.39, 0.29) is 12.4 Å². The molecule has 0 saturated carbocycles. The third-order valence-corrected chi connectivity index (χ3v) is 4.77. The van der Waals surface area contributed by atoms with Crippen LogP contribution < -0.4 is 4.74 Å². The SMILES string of the molecule is CC1C(Oc2cccc(-c3cccc(C4OCCO4)c3)n2)CN1C. The number of rotatable bonds is 4. The topological polar surface area (TPSA) is 43.8 Å². The summed E-state index contributed by atoms with van der Waals surface area (Å²) in [6.45, 7) is 4.40. The summed E-state index contributed by atoms with van der Waals surface area (Å²) in [7, 11) is 2.10. The zero-order valence-electron chi connectivity index (χ0n) is 14.0. The van der Waals surface area contributed by atoms with Crippen molar-refractivity contribution < 1.29 is 14.2 Å². The van der Waals surface area contributed by atoms with Gasteiger partial charge in [-0.1, -0.05) is 24.3 Å². The Morgan fingerprint density at radius 1 is 1.12 bits per heavy atom. The normalized spacial score (nSPS) is 24.8. The van der Waals surface area contributed by atoms with Crippen molar-refractivity contribution in [3.05, 3.63) is 48.0 Å². The van der Waals surface area contributed by atoms with Crippen LogP contribution in [-0.2, 0) is 9.47 Å². The number of benzene rings is 1. The molecule has 1 aromatic heterocycles. The van der Waals surface area contributed by atoms with Gasteiger partial charge in [0.05, 0.1) is 18.9 Å². The van der Waals surface area contributed by atoms with Crippen LogP contribution in [0.3, 0.4) is 0 Å². The third-order valence-electron chi connectivity index (χ3n) is 4.77. The number of hydrogen-bond acceptors (Lipinski definition) is 5. The van der Waals surface area contributed by atoms with Crippen molar-refractivity contribution in [2.75, 3.05) is 26.8 Å². The van der Waals surface area contributed by atoms with Crippen LogP contribution in [0, 0.1) is 0 Å². The van der Waals surface area contributed by atoms with E-state index < -0.39 is 0 Å². The lowest BCUT2D eigenvalue weighted by Crippen LogP contribution is -2.59. The van der Waals surface area contributed by atoms with E-state index in [0.29, 0.717) is 25.1 Å². The first kappa shape index (κ1) is 15.6. The lowest BCUT2D eigenvalue weighted by Gasteiger charge is -2.43. The van der Waals surface area contributed by atoms with Crippen LogP contribution in [0.1, 0.15) is 18.8 Å². The Hall–Kier alpha value is -1.95. The summed E-state index contributed by atoms with van der Waals surface area (Å²) in [5.41, 5.74) is 2.95. The Kier molecular flexibility index (Phi) is 4.22. The quantitative estimate of drug-likeness (QED) is 0.864. The van der Waals surface area contributed by atoms with Gasteiger partial charge in [-0.25, -0.2) is 4.98 Å². The summed E-state index contributed by atoms with van der Waals surface area (Å²) in [6.07, 6.45) is -0.0554. The van der Waals surface area contributed by atoms with Crippen LogP contribution in [0.25, 0.3) is 11.3 Å². The van der Waals surface area contributed by atoms with E-state index in [4.69, 9.17) is 14.2 Å². The van der Waals surface area contributed by atoms with Crippen LogP contribution in [-0.4, -0.2) is 48.8 Å². The molecule has 2 atom stereocenters. The first-order valence-corrected chi connectivity index (χ1v) is 8.38. The fraction of sp³-hybridized carbons (Fsp3) is 0.421. The van der Waals surface area contributed by atoms with E-state index in [1.54, 1.807) is 0 Å². The summed E-state index contributed by atoms with van der Waals surface area (Å²) in [4.78, 5) is 6.93. The molecule has 0 aliphatic carbocycles. The van der Waals surface area contributed by atoms with Crippen molar-refractivity contribution in [2.24, 2.45) is 0 Å². The molecule has 4 rings (SSSR count). The number of aromatic nitrogens is 1. The van der Waals surface area contributed by atoms with Crippen molar-refractivity contribution in [3.8, 4) is 17.1 Å². The molecule has 1 aromatic carbocycles. The maximum atomic E-state index is 6.02. The maximum Gasteiger partial charge on any atom is 0.214 e. The Labute approximate surface area is 142 Å². The second kappa shape index (κ2) is 6.51. The molecule has 2 unspecified atom stereocenters. The van der Waals surface area contributed by atoms with E-state index >= 15 is 0 Å². The molecule has 0 radical (unpaired) electrons. The van der Waals surface area contributed by atoms with Gasteiger partial charge in [0.25, 0.3) is 0 Å². The zero-order valence-corrected chi connectivity index (χ0v) is 14.0.